The van der Waals surface area contributed by atoms with Gasteiger partial charge < -0.3 is 10.4 Å². The summed E-state index contributed by atoms with van der Waals surface area (Å²) in [6.45, 7) is 3.71. The first kappa shape index (κ1) is 17.2. The van der Waals surface area contributed by atoms with Crippen molar-refractivity contribution in [3.05, 3.63) is 65.0 Å². The molecule has 0 aliphatic carbocycles. The zero-order chi connectivity index (χ0) is 16.8. The van der Waals surface area contributed by atoms with E-state index in [0.29, 0.717) is 12.8 Å². The van der Waals surface area contributed by atoms with Gasteiger partial charge in [-0.15, -0.1) is 0 Å². The van der Waals surface area contributed by atoms with E-state index in [4.69, 9.17) is 0 Å². The fraction of sp³-hybridized carbons (Fsp3) is 0.316. The van der Waals surface area contributed by atoms with Gasteiger partial charge in [0.25, 0.3) is 0 Å². The first-order chi connectivity index (χ1) is 11.0. The topological polar surface area (TPSA) is 49.3 Å². The summed E-state index contributed by atoms with van der Waals surface area (Å²) in [6, 6.07) is 11.9. The molecule has 2 N–H and O–H groups in total. The number of aryl methyl sites for hydroxylation is 2. The third-order valence-electron chi connectivity index (χ3n) is 3.95. The van der Waals surface area contributed by atoms with Crippen LogP contribution in [0.3, 0.4) is 0 Å². The fourth-order valence-corrected chi connectivity index (χ4v) is 2.36. The van der Waals surface area contributed by atoms with Gasteiger partial charge in [0.2, 0.25) is 5.91 Å². The standard InChI is InChI=1S/C19H22FNO2/c1-13-6-9-16(12-22)11-18(13)21-19(23)14(2)7-8-15-4-3-5-17(20)10-15/h3-6,9-11,14,22H,7-8,12H2,1-2H3,(H,21,23). The number of aliphatic hydroxyl groups excluding tert-OH is 1. The summed E-state index contributed by atoms with van der Waals surface area (Å²) < 4.78 is 13.2. The second kappa shape index (κ2) is 7.88. The van der Waals surface area contributed by atoms with Crippen LogP contribution in [-0.2, 0) is 17.8 Å². The van der Waals surface area contributed by atoms with Crippen LogP contribution in [-0.4, -0.2) is 11.0 Å². The van der Waals surface area contributed by atoms with Crippen molar-refractivity contribution in [3.8, 4) is 0 Å². The van der Waals surface area contributed by atoms with Gasteiger partial charge in [0.15, 0.2) is 0 Å². The summed E-state index contributed by atoms with van der Waals surface area (Å²) in [5.41, 5.74) is 3.33. The van der Waals surface area contributed by atoms with E-state index in [-0.39, 0.29) is 24.2 Å². The van der Waals surface area contributed by atoms with Crippen molar-refractivity contribution in [2.45, 2.75) is 33.3 Å². The fourth-order valence-electron chi connectivity index (χ4n) is 2.36. The number of hydrogen-bond acceptors (Lipinski definition) is 2. The number of anilines is 1. The molecule has 1 amide bonds. The molecule has 0 bridgehead atoms. The Morgan fingerprint density at radius 2 is 2.00 bits per heavy atom. The van der Waals surface area contributed by atoms with E-state index in [9.17, 15) is 14.3 Å². The maximum absolute atomic E-state index is 13.2. The molecule has 0 heterocycles. The predicted molar refractivity (Wildman–Crippen MR) is 89.6 cm³/mol. The van der Waals surface area contributed by atoms with Crippen LogP contribution >= 0.6 is 0 Å². The maximum atomic E-state index is 13.2. The second-order valence-electron chi connectivity index (χ2n) is 5.87. The summed E-state index contributed by atoms with van der Waals surface area (Å²) in [7, 11) is 0. The minimum Gasteiger partial charge on any atom is -0.392 e. The number of hydrogen-bond donors (Lipinski definition) is 2. The highest BCUT2D eigenvalue weighted by atomic mass is 19.1. The number of carbonyl (C=O) groups is 1. The van der Waals surface area contributed by atoms with E-state index >= 15 is 0 Å². The molecule has 1 atom stereocenters. The van der Waals surface area contributed by atoms with Crippen molar-refractivity contribution >= 4 is 11.6 Å². The summed E-state index contributed by atoms with van der Waals surface area (Å²) in [4.78, 5) is 12.3. The van der Waals surface area contributed by atoms with Crippen LogP contribution in [0.4, 0.5) is 10.1 Å². The van der Waals surface area contributed by atoms with Crippen molar-refractivity contribution in [3.63, 3.8) is 0 Å². The Morgan fingerprint density at radius 3 is 2.70 bits per heavy atom. The van der Waals surface area contributed by atoms with E-state index in [1.54, 1.807) is 12.1 Å². The van der Waals surface area contributed by atoms with Gasteiger partial charge in [-0.25, -0.2) is 4.39 Å². The molecule has 3 nitrogen and oxygen atoms in total. The number of carbonyl (C=O) groups excluding carboxylic acids is 1. The van der Waals surface area contributed by atoms with Crippen molar-refractivity contribution in [2.75, 3.05) is 5.32 Å². The smallest absolute Gasteiger partial charge is 0.227 e. The molecule has 2 rings (SSSR count). The molecule has 0 aliphatic rings. The molecule has 122 valence electrons. The predicted octanol–water partition coefficient (Wildman–Crippen LogP) is 3.83. The molecule has 1 unspecified atom stereocenters. The molecule has 0 saturated carbocycles. The van der Waals surface area contributed by atoms with E-state index in [2.05, 4.69) is 5.32 Å². The Bertz CT molecular complexity index is 685. The van der Waals surface area contributed by atoms with E-state index < -0.39 is 0 Å². The van der Waals surface area contributed by atoms with E-state index in [0.717, 1.165) is 22.4 Å². The summed E-state index contributed by atoms with van der Waals surface area (Å²) >= 11 is 0. The third-order valence-corrected chi connectivity index (χ3v) is 3.95. The van der Waals surface area contributed by atoms with Crippen molar-refractivity contribution in [1.82, 2.24) is 0 Å². The average molecular weight is 315 g/mol. The highest BCUT2D eigenvalue weighted by Crippen LogP contribution is 2.19. The number of aliphatic hydroxyl groups is 1. The minimum atomic E-state index is -0.254. The maximum Gasteiger partial charge on any atom is 0.227 e. The van der Waals surface area contributed by atoms with Crippen molar-refractivity contribution in [2.24, 2.45) is 5.92 Å². The zero-order valence-corrected chi connectivity index (χ0v) is 13.5. The Hall–Kier alpha value is -2.20. The molecule has 2 aromatic carbocycles. The Balaban J connectivity index is 1.95. The Morgan fingerprint density at radius 1 is 1.22 bits per heavy atom. The van der Waals surface area contributed by atoms with Crippen LogP contribution in [0.1, 0.15) is 30.0 Å². The first-order valence-corrected chi connectivity index (χ1v) is 7.75. The number of nitrogens with one attached hydrogen (secondary N) is 1. The SMILES string of the molecule is Cc1ccc(CO)cc1NC(=O)C(C)CCc1cccc(F)c1. The van der Waals surface area contributed by atoms with Gasteiger partial charge in [0, 0.05) is 11.6 Å². The molecule has 2 aromatic rings. The van der Waals surface area contributed by atoms with Gasteiger partial charge in [0.1, 0.15) is 5.82 Å². The molecule has 23 heavy (non-hydrogen) atoms. The summed E-state index contributed by atoms with van der Waals surface area (Å²) in [6.07, 6.45) is 1.30. The summed E-state index contributed by atoms with van der Waals surface area (Å²) in [5, 5.41) is 12.1. The Kier molecular flexibility index (Phi) is 5.88. The van der Waals surface area contributed by atoms with Crippen LogP contribution in [0, 0.1) is 18.7 Å². The van der Waals surface area contributed by atoms with Crippen LogP contribution in [0.25, 0.3) is 0 Å². The van der Waals surface area contributed by atoms with Gasteiger partial charge in [-0.05, 0) is 54.7 Å². The molecule has 0 aliphatic heterocycles. The molecule has 0 saturated heterocycles. The molecule has 0 radical (unpaired) electrons. The van der Waals surface area contributed by atoms with Gasteiger partial charge in [-0.3, -0.25) is 4.79 Å². The number of benzene rings is 2. The highest BCUT2D eigenvalue weighted by molar-refractivity contribution is 5.93. The van der Waals surface area contributed by atoms with Crippen LogP contribution in [0.5, 0.6) is 0 Å². The monoisotopic (exact) mass is 315 g/mol. The number of rotatable bonds is 6. The van der Waals surface area contributed by atoms with Crippen molar-refractivity contribution < 1.29 is 14.3 Å². The lowest BCUT2D eigenvalue weighted by molar-refractivity contribution is -0.119. The Labute approximate surface area is 136 Å². The van der Waals surface area contributed by atoms with Crippen LogP contribution < -0.4 is 5.32 Å². The molecule has 0 spiro atoms. The quantitative estimate of drug-likeness (QED) is 0.851. The lowest BCUT2D eigenvalue weighted by Gasteiger charge is -2.14. The second-order valence-corrected chi connectivity index (χ2v) is 5.87. The average Bonchev–Trinajstić information content (AvgIpc) is 2.54. The van der Waals surface area contributed by atoms with Crippen molar-refractivity contribution in [1.29, 1.82) is 0 Å². The van der Waals surface area contributed by atoms with Gasteiger partial charge in [0.05, 0.1) is 6.61 Å². The van der Waals surface area contributed by atoms with Crippen LogP contribution in [0.15, 0.2) is 42.5 Å². The van der Waals surface area contributed by atoms with Gasteiger partial charge >= 0.3 is 0 Å². The minimum absolute atomic E-state index is 0.0573. The third kappa shape index (κ3) is 4.89. The summed E-state index contributed by atoms with van der Waals surface area (Å²) in [5.74, 6) is -0.508. The first-order valence-electron chi connectivity index (χ1n) is 7.75. The van der Waals surface area contributed by atoms with E-state index in [1.165, 1.54) is 12.1 Å². The molecule has 4 heteroatoms. The molecule has 0 aromatic heterocycles. The number of halogens is 1. The molecular weight excluding hydrogens is 293 g/mol. The molecule has 0 fully saturated rings. The highest BCUT2D eigenvalue weighted by Gasteiger charge is 2.14. The normalized spacial score (nSPS) is 12.0. The lowest BCUT2D eigenvalue weighted by Crippen LogP contribution is -2.21. The van der Waals surface area contributed by atoms with Gasteiger partial charge in [-0.1, -0.05) is 31.2 Å². The lowest BCUT2D eigenvalue weighted by atomic mass is 10.00. The van der Waals surface area contributed by atoms with Crippen LogP contribution in [0.2, 0.25) is 0 Å². The largest absolute Gasteiger partial charge is 0.392 e. The van der Waals surface area contributed by atoms with Gasteiger partial charge in [-0.2, -0.15) is 0 Å². The number of amides is 1. The molecular formula is C19H22FNO2. The zero-order valence-electron chi connectivity index (χ0n) is 13.5. The van der Waals surface area contributed by atoms with E-state index in [1.807, 2.05) is 32.0 Å².